The molecule has 0 spiro atoms. The lowest BCUT2D eigenvalue weighted by Crippen LogP contribution is -2.31. The van der Waals surface area contributed by atoms with E-state index in [-0.39, 0.29) is 12.5 Å². The maximum atomic E-state index is 12.2. The summed E-state index contributed by atoms with van der Waals surface area (Å²) < 4.78 is 10.9. The predicted molar refractivity (Wildman–Crippen MR) is 88.7 cm³/mol. The Morgan fingerprint density at radius 3 is 2.57 bits per heavy atom. The number of likely N-dealkylation sites (N-methyl/N-ethyl adjacent to an activating group) is 1. The lowest BCUT2D eigenvalue weighted by atomic mass is 10.1. The molecule has 0 fully saturated rings. The molecule has 0 atom stereocenters. The average molecular weight is 314 g/mol. The number of rotatable bonds is 6. The minimum atomic E-state index is -0.102. The van der Waals surface area contributed by atoms with Crippen LogP contribution in [-0.2, 0) is 11.3 Å². The monoisotopic (exact) mass is 314 g/mol. The molecule has 1 amide bonds. The van der Waals surface area contributed by atoms with E-state index in [0.29, 0.717) is 12.3 Å². The van der Waals surface area contributed by atoms with E-state index in [1.54, 1.807) is 25.3 Å². The Bertz CT molecular complexity index is 671. The fraction of sp³-hybridized carbons (Fsp3) is 0.333. The van der Waals surface area contributed by atoms with Gasteiger partial charge >= 0.3 is 0 Å². The highest BCUT2D eigenvalue weighted by molar-refractivity contribution is 5.77. The summed E-state index contributed by atoms with van der Waals surface area (Å²) in [7, 11) is 3.38. The van der Waals surface area contributed by atoms with Gasteiger partial charge in [0.25, 0.3) is 5.91 Å². The van der Waals surface area contributed by atoms with E-state index >= 15 is 0 Å². The first-order valence-corrected chi connectivity index (χ1v) is 7.43. The Morgan fingerprint density at radius 2 is 1.91 bits per heavy atom. The van der Waals surface area contributed by atoms with Gasteiger partial charge in [0, 0.05) is 24.4 Å². The van der Waals surface area contributed by atoms with Crippen LogP contribution in [0.1, 0.15) is 16.8 Å². The van der Waals surface area contributed by atoms with Crippen molar-refractivity contribution in [2.75, 3.05) is 20.8 Å². The quantitative estimate of drug-likeness (QED) is 0.822. The molecule has 2 aromatic rings. The highest BCUT2D eigenvalue weighted by Crippen LogP contribution is 2.24. The molecule has 0 aliphatic carbocycles. The van der Waals surface area contributed by atoms with E-state index < -0.39 is 0 Å². The van der Waals surface area contributed by atoms with Crippen molar-refractivity contribution in [3.8, 4) is 11.5 Å². The van der Waals surface area contributed by atoms with Gasteiger partial charge < -0.3 is 14.4 Å². The summed E-state index contributed by atoms with van der Waals surface area (Å²) in [6.45, 7) is 4.32. The van der Waals surface area contributed by atoms with Gasteiger partial charge in [-0.25, -0.2) is 0 Å². The van der Waals surface area contributed by atoms with Gasteiger partial charge in [0.2, 0.25) is 0 Å². The SMILES string of the molecule is COc1c(C)cnc(CN(C)C(=O)COc2ccccc2)c1C. The lowest BCUT2D eigenvalue weighted by molar-refractivity contribution is -0.132. The zero-order valence-electron chi connectivity index (χ0n) is 14.0. The first-order valence-electron chi connectivity index (χ1n) is 7.43. The second-order valence-electron chi connectivity index (χ2n) is 5.40. The number of methoxy groups -OCH3 is 1. The van der Waals surface area contributed by atoms with Gasteiger partial charge in [-0.15, -0.1) is 0 Å². The summed E-state index contributed by atoms with van der Waals surface area (Å²) in [6, 6.07) is 9.29. The number of aryl methyl sites for hydroxylation is 1. The molecule has 23 heavy (non-hydrogen) atoms. The molecule has 0 bridgehead atoms. The normalized spacial score (nSPS) is 10.3. The van der Waals surface area contributed by atoms with E-state index in [4.69, 9.17) is 9.47 Å². The van der Waals surface area contributed by atoms with Crippen LogP contribution in [0.5, 0.6) is 11.5 Å². The number of amides is 1. The zero-order chi connectivity index (χ0) is 16.8. The van der Waals surface area contributed by atoms with Crippen LogP contribution < -0.4 is 9.47 Å². The highest BCUT2D eigenvalue weighted by atomic mass is 16.5. The van der Waals surface area contributed by atoms with Crippen LogP contribution in [0.4, 0.5) is 0 Å². The Balaban J connectivity index is 1.98. The molecule has 0 unspecified atom stereocenters. The second kappa shape index (κ2) is 7.63. The summed E-state index contributed by atoms with van der Waals surface area (Å²) in [5.74, 6) is 1.39. The fourth-order valence-electron chi connectivity index (χ4n) is 2.32. The number of aromatic nitrogens is 1. The molecule has 0 radical (unpaired) electrons. The molecule has 0 N–H and O–H groups in total. The minimum absolute atomic E-state index is 0.00254. The van der Waals surface area contributed by atoms with Crippen LogP contribution in [0.15, 0.2) is 36.5 Å². The second-order valence-corrected chi connectivity index (χ2v) is 5.40. The Kier molecular flexibility index (Phi) is 5.57. The number of para-hydroxylation sites is 1. The maximum absolute atomic E-state index is 12.2. The standard InChI is InChI=1S/C18H22N2O3/c1-13-10-19-16(14(2)18(13)22-4)11-20(3)17(21)12-23-15-8-6-5-7-9-15/h5-10H,11-12H2,1-4H3. The van der Waals surface area contributed by atoms with Crippen molar-refractivity contribution in [3.05, 3.63) is 53.3 Å². The number of hydrogen-bond donors (Lipinski definition) is 0. The van der Waals surface area contributed by atoms with Crippen molar-refractivity contribution in [1.29, 1.82) is 0 Å². The third kappa shape index (κ3) is 4.22. The number of carbonyl (C=O) groups excluding carboxylic acids is 1. The maximum Gasteiger partial charge on any atom is 0.260 e. The van der Waals surface area contributed by atoms with Crippen molar-refractivity contribution in [1.82, 2.24) is 9.88 Å². The summed E-state index contributed by atoms with van der Waals surface area (Å²) in [6.07, 6.45) is 1.76. The van der Waals surface area contributed by atoms with Crippen LogP contribution in [0.2, 0.25) is 0 Å². The van der Waals surface area contributed by atoms with Gasteiger partial charge in [0.1, 0.15) is 11.5 Å². The smallest absolute Gasteiger partial charge is 0.260 e. The van der Waals surface area contributed by atoms with E-state index in [9.17, 15) is 4.79 Å². The molecular weight excluding hydrogens is 292 g/mol. The first kappa shape index (κ1) is 16.8. The molecule has 5 nitrogen and oxygen atoms in total. The van der Waals surface area contributed by atoms with Crippen molar-refractivity contribution in [3.63, 3.8) is 0 Å². The third-order valence-corrected chi connectivity index (χ3v) is 3.67. The van der Waals surface area contributed by atoms with Gasteiger partial charge in [0.15, 0.2) is 6.61 Å². The Hall–Kier alpha value is -2.56. The molecule has 0 saturated carbocycles. The van der Waals surface area contributed by atoms with Crippen LogP contribution in [0.25, 0.3) is 0 Å². The number of pyridine rings is 1. The molecule has 2 rings (SSSR count). The molecule has 1 aromatic carbocycles. The van der Waals surface area contributed by atoms with E-state index in [1.165, 1.54) is 0 Å². The Morgan fingerprint density at radius 1 is 1.22 bits per heavy atom. The van der Waals surface area contributed by atoms with Crippen molar-refractivity contribution in [2.24, 2.45) is 0 Å². The van der Waals surface area contributed by atoms with E-state index in [1.807, 2.05) is 44.2 Å². The lowest BCUT2D eigenvalue weighted by Gasteiger charge is -2.19. The molecule has 0 saturated heterocycles. The largest absolute Gasteiger partial charge is 0.496 e. The summed E-state index contributed by atoms with van der Waals surface area (Å²) in [5.41, 5.74) is 2.76. The van der Waals surface area contributed by atoms with Crippen LogP contribution in [-0.4, -0.2) is 36.6 Å². The van der Waals surface area contributed by atoms with Crippen LogP contribution in [0.3, 0.4) is 0 Å². The third-order valence-electron chi connectivity index (χ3n) is 3.67. The number of hydrogen-bond acceptors (Lipinski definition) is 4. The topological polar surface area (TPSA) is 51.7 Å². The predicted octanol–water partition coefficient (Wildman–Crippen LogP) is 2.74. The van der Waals surface area contributed by atoms with Crippen molar-refractivity contribution in [2.45, 2.75) is 20.4 Å². The number of nitrogens with zero attached hydrogens (tertiary/aromatic N) is 2. The zero-order valence-corrected chi connectivity index (χ0v) is 14.0. The van der Waals surface area contributed by atoms with Gasteiger partial charge in [0.05, 0.1) is 19.3 Å². The minimum Gasteiger partial charge on any atom is -0.496 e. The highest BCUT2D eigenvalue weighted by Gasteiger charge is 2.15. The molecule has 0 aliphatic heterocycles. The summed E-state index contributed by atoms with van der Waals surface area (Å²) in [5, 5.41) is 0. The van der Waals surface area contributed by atoms with Crippen LogP contribution >= 0.6 is 0 Å². The Labute approximate surface area is 136 Å². The molecular formula is C18H22N2O3. The molecule has 5 heteroatoms. The van der Waals surface area contributed by atoms with E-state index in [0.717, 1.165) is 22.6 Å². The summed E-state index contributed by atoms with van der Waals surface area (Å²) >= 11 is 0. The van der Waals surface area contributed by atoms with Gasteiger partial charge in [-0.1, -0.05) is 18.2 Å². The molecule has 0 aliphatic rings. The van der Waals surface area contributed by atoms with Crippen molar-refractivity contribution >= 4 is 5.91 Å². The number of ether oxygens (including phenoxy) is 2. The fourth-order valence-corrected chi connectivity index (χ4v) is 2.32. The molecule has 1 heterocycles. The number of carbonyl (C=O) groups is 1. The van der Waals surface area contributed by atoms with Crippen LogP contribution in [0, 0.1) is 13.8 Å². The van der Waals surface area contributed by atoms with E-state index in [2.05, 4.69) is 4.98 Å². The molecule has 122 valence electrons. The van der Waals surface area contributed by atoms with Gasteiger partial charge in [-0.3, -0.25) is 9.78 Å². The van der Waals surface area contributed by atoms with Gasteiger partial charge in [-0.05, 0) is 26.0 Å². The first-order chi connectivity index (χ1) is 11.0. The number of benzene rings is 1. The average Bonchev–Trinajstić information content (AvgIpc) is 2.56. The van der Waals surface area contributed by atoms with Crippen molar-refractivity contribution < 1.29 is 14.3 Å². The summed E-state index contributed by atoms with van der Waals surface area (Å²) in [4.78, 5) is 18.2. The molecule has 1 aromatic heterocycles. The van der Waals surface area contributed by atoms with Gasteiger partial charge in [-0.2, -0.15) is 0 Å².